The zero-order chi connectivity index (χ0) is 18.3. The molecule has 1 aromatic heterocycles. The van der Waals surface area contributed by atoms with Crippen molar-refractivity contribution in [1.82, 2.24) is 10.2 Å². The Morgan fingerprint density at radius 3 is 2.85 bits per heavy atom. The van der Waals surface area contributed by atoms with Crippen LogP contribution in [0.3, 0.4) is 0 Å². The number of rotatable bonds is 3. The van der Waals surface area contributed by atoms with Gasteiger partial charge in [-0.3, -0.25) is 9.59 Å². The van der Waals surface area contributed by atoms with E-state index in [0.717, 1.165) is 4.90 Å². The first-order valence-corrected chi connectivity index (χ1v) is 9.11. The Bertz CT molecular complexity index is 867. The van der Waals surface area contributed by atoms with Crippen LogP contribution in [-0.4, -0.2) is 48.5 Å². The molecule has 0 aliphatic carbocycles. The number of carbonyl (C=O) groups is 3. The predicted octanol–water partition coefficient (Wildman–Crippen LogP) is 2.10. The second-order valence-electron chi connectivity index (χ2n) is 6.14. The lowest BCUT2D eigenvalue weighted by atomic mass is 10.0. The summed E-state index contributed by atoms with van der Waals surface area (Å²) in [6, 6.07) is 8.75. The monoisotopic (exact) mass is 371 g/mol. The van der Waals surface area contributed by atoms with Gasteiger partial charge < -0.3 is 15.0 Å². The second-order valence-corrected chi connectivity index (χ2v) is 7.09. The van der Waals surface area contributed by atoms with Crippen molar-refractivity contribution in [2.24, 2.45) is 0 Å². The van der Waals surface area contributed by atoms with Gasteiger partial charge in [-0.2, -0.15) is 0 Å². The van der Waals surface area contributed by atoms with Gasteiger partial charge >= 0.3 is 6.03 Å². The van der Waals surface area contributed by atoms with Gasteiger partial charge in [0.1, 0.15) is 11.8 Å². The minimum atomic E-state index is -0.700. The molecule has 0 spiro atoms. The Kier molecular flexibility index (Phi) is 4.12. The maximum Gasteiger partial charge on any atom is 0.329 e. The highest BCUT2D eigenvalue weighted by molar-refractivity contribution is 7.12. The summed E-state index contributed by atoms with van der Waals surface area (Å²) in [5.41, 5.74) is 0.417. The van der Waals surface area contributed by atoms with E-state index >= 15 is 0 Å². The first kappa shape index (κ1) is 16.6. The maximum atomic E-state index is 13.1. The Balaban J connectivity index is 1.66. The number of thiophene rings is 1. The van der Waals surface area contributed by atoms with Crippen LogP contribution in [0, 0.1) is 0 Å². The quantitative estimate of drug-likeness (QED) is 0.896. The third-order valence-corrected chi connectivity index (χ3v) is 5.55. The van der Waals surface area contributed by atoms with Crippen molar-refractivity contribution in [3.63, 3.8) is 0 Å². The number of imide groups is 1. The number of ether oxygens (including phenoxy) is 1. The van der Waals surface area contributed by atoms with Gasteiger partial charge in [0.15, 0.2) is 0 Å². The van der Waals surface area contributed by atoms with Crippen LogP contribution in [0.1, 0.15) is 16.1 Å². The Morgan fingerprint density at radius 1 is 1.27 bits per heavy atom. The minimum absolute atomic E-state index is 0.178. The lowest BCUT2D eigenvalue weighted by molar-refractivity contribution is -0.122. The third kappa shape index (κ3) is 2.62. The summed E-state index contributed by atoms with van der Waals surface area (Å²) in [7, 11) is 1.52. The molecule has 26 heavy (non-hydrogen) atoms. The van der Waals surface area contributed by atoms with Crippen LogP contribution in [0.5, 0.6) is 5.75 Å². The largest absolute Gasteiger partial charge is 0.497 e. The van der Waals surface area contributed by atoms with E-state index in [1.807, 2.05) is 5.38 Å². The zero-order valence-corrected chi connectivity index (χ0v) is 14.9. The van der Waals surface area contributed by atoms with Crippen LogP contribution in [0.15, 0.2) is 41.8 Å². The fourth-order valence-electron chi connectivity index (χ4n) is 3.47. The molecule has 0 saturated carbocycles. The van der Waals surface area contributed by atoms with Crippen LogP contribution in [0.2, 0.25) is 0 Å². The number of methoxy groups -OCH3 is 1. The number of urea groups is 1. The van der Waals surface area contributed by atoms with E-state index in [0.29, 0.717) is 29.3 Å². The summed E-state index contributed by atoms with van der Waals surface area (Å²) in [5, 5.41) is 4.69. The highest BCUT2D eigenvalue weighted by Gasteiger charge is 2.50. The molecule has 7 nitrogen and oxygen atoms in total. The Morgan fingerprint density at radius 2 is 2.12 bits per heavy atom. The fraction of sp³-hybridized carbons (Fsp3) is 0.278. The molecular weight excluding hydrogens is 354 g/mol. The molecule has 2 aliphatic rings. The second kappa shape index (κ2) is 6.45. The average Bonchev–Trinajstić information content (AvgIpc) is 3.31. The summed E-state index contributed by atoms with van der Waals surface area (Å²) < 4.78 is 5.18. The number of carbonyl (C=O) groups excluding carboxylic acids is 3. The van der Waals surface area contributed by atoms with Gasteiger partial charge in [-0.25, -0.2) is 9.69 Å². The van der Waals surface area contributed by atoms with Gasteiger partial charge in [-0.1, -0.05) is 12.1 Å². The SMILES string of the molecule is COc1cccc(N2C(=O)N[C@@H]3CCN(C(=O)c4cccs4)[C@H]3C2=O)c1. The number of nitrogens with zero attached hydrogens (tertiary/aromatic N) is 2. The zero-order valence-electron chi connectivity index (χ0n) is 14.0. The lowest BCUT2D eigenvalue weighted by Gasteiger charge is -2.36. The van der Waals surface area contributed by atoms with Crippen molar-refractivity contribution >= 4 is 34.9 Å². The normalized spacial score (nSPS) is 22.2. The molecule has 3 heterocycles. The van der Waals surface area contributed by atoms with Gasteiger partial charge in [0.05, 0.1) is 23.7 Å². The number of hydrogen-bond acceptors (Lipinski definition) is 5. The summed E-state index contributed by atoms with van der Waals surface area (Å²) >= 11 is 1.34. The molecule has 1 aromatic carbocycles. The molecule has 1 N–H and O–H groups in total. The van der Waals surface area contributed by atoms with E-state index in [4.69, 9.17) is 4.74 Å². The predicted molar refractivity (Wildman–Crippen MR) is 96.6 cm³/mol. The first-order chi connectivity index (χ1) is 12.6. The molecule has 4 rings (SSSR count). The molecule has 2 aliphatic heterocycles. The topological polar surface area (TPSA) is 79.0 Å². The Hall–Kier alpha value is -2.87. The van der Waals surface area contributed by atoms with Crippen molar-refractivity contribution in [2.75, 3.05) is 18.6 Å². The van der Waals surface area contributed by atoms with Crippen molar-refractivity contribution < 1.29 is 19.1 Å². The first-order valence-electron chi connectivity index (χ1n) is 8.23. The molecule has 2 fully saturated rings. The van der Waals surface area contributed by atoms with E-state index in [1.54, 1.807) is 41.3 Å². The van der Waals surface area contributed by atoms with Crippen molar-refractivity contribution in [2.45, 2.75) is 18.5 Å². The molecule has 2 saturated heterocycles. The van der Waals surface area contributed by atoms with Crippen LogP contribution in [0.25, 0.3) is 0 Å². The molecule has 2 atom stereocenters. The van der Waals surface area contributed by atoms with Crippen LogP contribution in [-0.2, 0) is 4.79 Å². The molecule has 4 amide bonds. The van der Waals surface area contributed by atoms with Gasteiger partial charge in [-0.15, -0.1) is 11.3 Å². The number of hydrogen-bond donors (Lipinski definition) is 1. The fourth-order valence-corrected chi connectivity index (χ4v) is 4.15. The maximum absolute atomic E-state index is 13.1. The smallest absolute Gasteiger partial charge is 0.329 e. The number of anilines is 1. The highest BCUT2D eigenvalue weighted by atomic mass is 32.1. The Labute approximate surface area is 154 Å². The summed E-state index contributed by atoms with van der Waals surface area (Å²) in [4.78, 5) is 41.6. The van der Waals surface area contributed by atoms with Gasteiger partial charge in [-0.05, 0) is 30.0 Å². The third-order valence-electron chi connectivity index (χ3n) is 4.69. The van der Waals surface area contributed by atoms with E-state index in [9.17, 15) is 14.4 Å². The summed E-state index contributed by atoms with van der Waals surface area (Å²) in [6.07, 6.45) is 0.561. The molecule has 0 radical (unpaired) electrons. The lowest BCUT2D eigenvalue weighted by Crippen LogP contribution is -2.65. The molecule has 0 bridgehead atoms. The summed E-state index contributed by atoms with van der Waals surface area (Å²) in [6.45, 7) is 0.435. The molecule has 0 unspecified atom stereocenters. The number of likely N-dealkylation sites (tertiary alicyclic amines) is 1. The van der Waals surface area contributed by atoms with E-state index < -0.39 is 18.0 Å². The van der Waals surface area contributed by atoms with E-state index in [-0.39, 0.29) is 11.9 Å². The molecule has 134 valence electrons. The van der Waals surface area contributed by atoms with Gasteiger partial charge in [0, 0.05) is 12.6 Å². The van der Waals surface area contributed by atoms with Gasteiger partial charge in [0.25, 0.3) is 11.8 Å². The van der Waals surface area contributed by atoms with E-state index in [2.05, 4.69) is 5.32 Å². The molecular formula is C18H17N3O4S. The van der Waals surface area contributed by atoms with Crippen molar-refractivity contribution in [1.29, 1.82) is 0 Å². The van der Waals surface area contributed by atoms with Crippen molar-refractivity contribution in [3.05, 3.63) is 46.7 Å². The number of benzene rings is 1. The van der Waals surface area contributed by atoms with Crippen molar-refractivity contribution in [3.8, 4) is 5.75 Å². The molecule has 2 aromatic rings. The average molecular weight is 371 g/mol. The molecule has 8 heteroatoms. The highest BCUT2D eigenvalue weighted by Crippen LogP contribution is 2.30. The standard InChI is InChI=1S/C18H17N3O4S/c1-25-12-5-2-4-11(10-12)21-17(23)15-13(19-18(21)24)7-8-20(15)16(22)14-6-3-9-26-14/h2-6,9-10,13,15H,7-8H2,1H3,(H,19,24)/t13-,15-/m1/s1. The minimum Gasteiger partial charge on any atom is -0.497 e. The number of fused-ring (bicyclic) bond motifs is 1. The van der Waals surface area contributed by atoms with Crippen LogP contribution in [0.4, 0.5) is 10.5 Å². The number of amides is 4. The number of nitrogens with one attached hydrogen (secondary N) is 1. The summed E-state index contributed by atoms with van der Waals surface area (Å²) in [5.74, 6) is -0.0276. The van der Waals surface area contributed by atoms with Gasteiger partial charge in [0.2, 0.25) is 0 Å². The van der Waals surface area contributed by atoms with E-state index in [1.165, 1.54) is 18.4 Å². The van der Waals surface area contributed by atoms with Crippen LogP contribution < -0.4 is 15.0 Å². The van der Waals surface area contributed by atoms with Crippen LogP contribution >= 0.6 is 11.3 Å².